The van der Waals surface area contributed by atoms with Gasteiger partial charge in [0.1, 0.15) is 0 Å². The molecule has 4 rings (SSSR count). The maximum atomic E-state index is 12.5. The van der Waals surface area contributed by atoms with Crippen molar-refractivity contribution in [2.45, 2.75) is 38.4 Å². The Bertz CT molecular complexity index is 1050. The molecule has 4 N–H and O–H groups in total. The molecule has 2 aromatic rings. The quantitative estimate of drug-likeness (QED) is 0.690. The molecule has 1 unspecified atom stereocenters. The number of ether oxygens (including phenoxy) is 2. The number of carbonyl (C=O) groups is 1. The van der Waals surface area contributed by atoms with Crippen molar-refractivity contribution in [1.29, 1.82) is 0 Å². The van der Waals surface area contributed by atoms with Gasteiger partial charge in [0.25, 0.3) is 0 Å². The molecule has 32 heavy (non-hydrogen) atoms. The summed E-state index contributed by atoms with van der Waals surface area (Å²) >= 11 is 0. The van der Waals surface area contributed by atoms with Gasteiger partial charge in [-0.3, -0.25) is 4.79 Å². The molecule has 7 nitrogen and oxygen atoms in total. The van der Waals surface area contributed by atoms with Crippen molar-refractivity contribution in [3.05, 3.63) is 77.2 Å². The maximum Gasteiger partial charge on any atom is 0.249 e. The zero-order valence-corrected chi connectivity index (χ0v) is 18.0. The topological polar surface area (TPSA) is 113 Å². The predicted molar refractivity (Wildman–Crippen MR) is 124 cm³/mol. The lowest BCUT2D eigenvalue weighted by molar-refractivity contribution is -0.161. The van der Waals surface area contributed by atoms with Crippen molar-refractivity contribution in [3.8, 4) is 0 Å². The van der Waals surface area contributed by atoms with Crippen LogP contribution in [0, 0.1) is 0 Å². The molecule has 2 aliphatic rings. The Kier molecular flexibility index (Phi) is 7.09. The summed E-state index contributed by atoms with van der Waals surface area (Å²) in [6.07, 6.45) is 9.76. The van der Waals surface area contributed by atoms with E-state index in [9.17, 15) is 4.79 Å². The van der Waals surface area contributed by atoms with Crippen LogP contribution < -0.4 is 11.5 Å². The third-order valence-corrected chi connectivity index (χ3v) is 5.59. The summed E-state index contributed by atoms with van der Waals surface area (Å²) < 4.78 is 11.6. The molecule has 1 saturated heterocycles. The van der Waals surface area contributed by atoms with Gasteiger partial charge in [-0.2, -0.15) is 0 Å². The largest absolute Gasteiger partial charge is 0.368 e. The zero-order chi connectivity index (χ0) is 22.3. The second-order valence-corrected chi connectivity index (χ2v) is 7.92. The molecule has 1 aromatic heterocycles. The van der Waals surface area contributed by atoms with Crippen LogP contribution >= 0.6 is 0 Å². The van der Waals surface area contributed by atoms with Gasteiger partial charge in [0, 0.05) is 18.4 Å². The van der Waals surface area contributed by atoms with Crippen LogP contribution in [0.5, 0.6) is 0 Å². The number of primary amides is 1. The summed E-state index contributed by atoms with van der Waals surface area (Å²) in [4.78, 5) is 20.8. The Morgan fingerprint density at radius 3 is 2.72 bits per heavy atom. The van der Waals surface area contributed by atoms with E-state index in [1.165, 1.54) is 0 Å². The SMILES string of the molecule is NC(=O)C1=C(c2ccccc2)C=C(CCOC2CCCCO2)CC(c2ccnc(N)n2)=C1. The van der Waals surface area contributed by atoms with Crippen LogP contribution in [-0.4, -0.2) is 35.4 Å². The molecular formula is C25H28N4O3. The maximum absolute atomic E-state index is 12.5. The average Bonchev–Trinajstić information content (AvgIpc) is 3.01. The van der Waals surface area contributed by atoms with Gasteiger partial charge in [-0.05, 0) is 61.0 Å². The third kappa shape index (κ3) is 5.49. The summed E-state index contributed by atoms with van der Waals surface area (Å²) in [5.74, 6) is -0.309. The Balaban J connectivity index is 1.68. The van der Waals surface area contributed by atoms with Gasteiger partial charge in [-0.15, -0.1) is 0 Å². The number of allylic oxidation sites excluding steroid dienone is 3. The first kappa shape index (κ1) is 21.9. The Morgan fingerprint density at radius 1 is 1.16 bits per heavy atom. The van der Waals surface area contributed by atoms with E-state index in [-0.39, 0.29) is 12.2 Å². The van der Waals surface area contributed by atoms with Gasteiger partial charge in [-0.1, -0.05) is 42.0 Å². The van der Waals surface area contributed by atoms with E-state index >= 15 is 0 Å². The molecule has 1 amide bonds. The van der Waals surface area contributed by atoms with Crippen LogP contribution in [0.3, 0.4) is 0 Å². The molecule has 1 fully saturated rings. The number of carbonyl (C=O) groups excluding carboxylic acids is 1. The highest BCUT2D eigenvalue weighted by Gasteiger charge is 2.20. The molecule has 1 aromatic carbocycles. The smallest absolute Gasteiger partial charge is 0.249 e. The van der Waals surface area contributed by atoms with Crippen molar-refractivity contribution in [2.75, 3.05) is 18.9 Å². The normalized spacial score (nSPS) is 19.2. The van der Waals surface area contributed by atoms with Crippen molar-refractivity contribution in [3.63, 3.8) is 0 Å². The van der Waals surface area contributed by atoms with Gasteiger partial charge in [-0.25, -0.2) is 9.97 Å². The van der Waals surface area contributed by atoms with Gasteiger partial charge < -0.3 is 20.9 Å². The second-order valence-electron chi connectivity index (χ2n) is 7.92. The molecule has 0 radical (unpaired) electrons. The number of nitrogens with zero attached hydrogens (tertiary/aromatic N) is 2. The van der Waals surface area contributed by atoms with Crippen molar-refractivity contribution < 1.29 is 14.3 Å². The Hall–Kier alpha value is -3.29. The number of hydrogen-bond donors (Lipinski definition) is 2. The highest BCUT2D eigenvalue weighted by molar-refractivity contribution is 6.07. The highest BCUT2D eigenvalue weighted by Crippen LogP contribution is 2.34. The number of amides is 1. The number of anilines is 1. The first-order chi connectivity index (χ1) is 15.6. The first-order valence-electron chi connectivity index (χ1n) is 10.9. The minimum atomic E-state index is -0.493. The number of aromatic nitrogens is 2. The van der Waals surface area contributed by atoms with Crippen molar-refractivity contribution in [2.24, 2.45) is 5.73 Å². The molecular weight excluding hydrogens is 404 g/mol. The van der Waals surface area contributed by atoms with Gasteiger partial charge in [0.05, 0.1) is 12.3 Å². The highest BCUT2D eigenvalue weighted by atomic mass is 16.7. The number of nitrogens with two attached hydrogens (primary N) is 2. The first-order valence-corrected chi connectivity index (χ1v) is 10.9. The Labute approximate surface area is 187 Å². The summed E-state index contributed by atoms with van der Waals surface area (Å²) in [6.45, 7) is 1.28. The van der Waals surface area contributed by atoms with Crippen LogP contribution in [-0.2, 0) is 14.3 Å². The number of hydrogen-bond acceptors (Lipinski definition) is 6. The van der Waals surface area contributed by atoms with Crippen LogP contribution in [0.2, 0.25) is 0 Å². The van der Waals surface area contributed by atoms with Crippen molar-refractivity contribution >= 4 is 23.0 Å². The predicted octanol–water partition coefficient (Wildman–Crippen LogP) is 3.64. The zero-order valence-electron chi connectivity index (χ0n) is 18.0. The summed E-state index contributed by atoms with van der Waals surface area (Å²) in [5, 5.41) is 0. The van der Waals surface area contributed by atoms with Crippen molar-refractivity contribution in [1.82, 2.24) is 9.97 Å². The minimum Gasteiger partial charge on any atom is -0.368 e. The van der Waals surface area contributed by atoms with E-state index in [4.69, 9.17) is 20.9 Å². The Morgan fingerprint density at radius 2 is 2.00 bits per heavy atom. The van der Waals surface area contributed by atoms with Crippen LogP contribution in [0.25, 0.3) is 11.1 Å². The fourth-order valence-corrected chi connectivity index (χ4v) is 3.98. The van der Waals surface area contributed by atoms with Gasteiger partial charge in [0.15, 0.2) is 6.29 Å². The van der Waals surface area contributed by atoms with Crippen LogP contribution in [0.4, 0.5) is 5.95 Å². The number of rotatable bonds is 7. The molecule has 1 atom stereocenters. The fourth-order valence-electron chi connectivity index (χ4n) is 3.98. The van der Waals surface area contributed by atoms with E-state index in [1.807, 2.05) is 36.4 Å². The second kappa shape index (κ2) is 10.3. The lowest BCUT2D eigenvalue weighted by Crippen LogP contribution is -2.22. The van der Waals surface area contributed by atoms with E-state index in [2.05, 4.69) is 16.0 Å². The average molecular weight is 433 g/mol. The summed E-state index contributed by atoms with van der Waals surface area (Å²) in [5.41, 5.74) is 16.4. The summed E-state index contributed by atoms with van der Waals surface area (Å²) in [6, 6.07) is 11.6. The standard InChI is InChI=1S/C25H28N4O3/c26-24(30)21-16-19(22-9-11-28-25(27)29-22)14-17(10-13-32-23-8-4-5-12-31-23)15-20(21)18-6-2-1-3-7-18/h1-3,6-7,9,11,15-16,23H,4-5,8,10,12-14H2,(H2,26,30)(H2,27,28,29). The molecule has 7 heteroatoms. The van der Waals surface area contributed by atoms with E-state index in [0.29, 0.717) is 30.7 Å². The van der Waals surface area contributed by atoms with E-state index < -0.39 is 5.91 Å². The molecule has 166 valence electrons. The third-order valence-electron chi connectivity index (χ3n) is 5.59. The fraction of sp³-hybridized carbons (Fsp3) is 0.320. The molecule has 0 saturated carbocycles. The lowest BCUT2D eigenvalue weighted by Gasteiger charge is -2.23. The minimum absolute atomic E-state index is 0.142. The molecule has 0 bridgehead atoms. The molecule has 2 heterocycles. The van der Waals surface area contributed by atoms with E-state index in [0.717, 1.165) is 48.2 Å². The molecule has 1 aliphatic carbocycles. The monoisotopic (exact) mass is 432 g/mol. The molecule has 1 aliphatic heterocycles. The van der Waals surface area contributed by atoms with E-state index in [1.54, 1.807) is 12.3 Å². The van der Waals surface area contributed by atoms with Gasteiger partial charge >= 0.3 is 0 Å². The van der Waals surface area contributed by atoms with Crippen LogP contribution in [0.1, 0.15) is 43.4 Å². The molecule has 0 spiro atoms. The van der Waals surface area contributed by atoms with Crippen LogP contribution in [0.15, 0.2) is 65.9 Å². The number of nitrogen functional groups attached to an aromatic ring is 1. The number of benzene rings is 1. The lowest BCUT2D eigenvalue weighted by atomic mass is 9.97. The van der Waals surface area contributed by atoms with Gasteiger partial charge in [0.2, 0.25) is 11.9 Å². The summed E-state index contributed by atoms with van der Waals surface area (Å²) in [7, 11) is 0.